The van der Waals surface area contributed by atoms with Gasteiger partial charge in [-0.1, -0.05) is 0 Å². The highest BCUT2D eigenvalue weighted by molar-refractivity contribution is 4.93. The van der Waals surface area contributed by atoms with Gasteiger partial charge in [-0.25, -0.2) is 0 Å². The molecule has 11 nitrogen and oxygen atoms in total. The molecule has 0 aliphatic carbocycles. The maximum absolute atomic E-state index is 9.77. The second-order valence-electron chi connectivity index (χ2n) is 5.19. The Labute approximate surface area is 131 Å². The highest BCUT2D eigenvalue weighted by atomic mass is 16.6. The van der Waals surface area contributed by atoms with Crippen LogP contribution < -0.4 is 0 Å². The van der Waals surface area contributed by atoms with Gasteiger partial charge in [0.25, 0.3) is 0 Å². The van der Waals surface area contributed by atoms with Crippen molar-refractivity contribution >= 4 is 0 Å². The molecule has 1 fully saturated rings. The number of rotatable bonds is 8. The molecule has 23 heavy (non-hydrogen) atoms. The normalized spacial score (nSPS) is 35.3. The Morgan fingerprint density at radius 1 is 0.957 bits per heavy atom. The molecule has 1 aliphatic heterocycles. The summed E-state index contributed by atoms with van der Waals surface area (Å²) in [5.74, 6) is 0. The summed E-state index contributed by atoms with van der Waals surface area (Å²) in [5, 5.41) is 84.7. The Bertz CT molecular complexity index is 341. The van der Waals surface area contributed by atoms with E-state index in [1.54, 1.807) is 0 Å². The summed E-state index contributed by atoms with van der Waals surface area (Å²) in [5.41, 5.74) is 0. The second kappa shape index (κ2) is 9.15. The van der Waals surface area contributed by atoms with Crippen LogP contribution in [0.3, 0.4) is 0 Å². The van der Waals surface area contributed by atoms with Crippen molar-refractivity contribution in [2.45, 2.75) is 55.1 Å². The van der Waals surface area contributed by atoms with Gasteiger partial charge in [0.05, 0.1) is 13.2 Å². The zero-order valence-corrected chi connectivity index (χ0v) is 12.0. The van der Waals surface area contributed by atoms with Gasteiger partial charge in [0.2, 0.25) is 0 Å². The van der Waals surface area contributed by atoms with Crippen molar-refractivity contribution in [3.63, 3.8) is 0 Å². The average molecular weight is 343 g/mol. The molecular formula is C12H23O11. The molecule has 1 unspecified atom stereocenters. The van der Waals surface area contributed by atoms with E-state index in [1.165, 1.54) is 0 Å². The van der Waals surface area contributed by atoms with Crippen molar-refractivity contribution in [2.24, 2.45) is 0 Å². The minimum Gasteiger partial charge on any atom is -0.394 e. The van der Waals surface area contributed by atoms with Gasteiger partial charge in [0.15, 0.2) is 6.29 Å². The fraction of sp³-hybridized carbons (Fsp3) is 0.917. The first-order valence-corrected chi connectivity index (χ1v) is 6.87. The van der Waals surface area contributed by atoms with E-state index in [-0.39, 0.29) is 0 Å². The Morgan fingerprint density at radius 3 is 2.09 bits per heavy atom. The van der Waals surface area contributed by atoms with Crippen LogP contribution in [0, 0.1) is 6.61 Å². The topological polar surface area (TPSA) is 201 Å². The molecule has 1 aliphatic rings. The minimum absolute atomic E-state index is 0.637. The summed E-state index contributed by atoms with van der Waals surface area (Å²) < 4.78 is 9.78. The van der Waals surface area contributed by atoms with Crippen molar-refractivity contribution in [3.8, 4) is 0 Å². The largest absolute Gasteiger partial charge is 0.394 e. The third-order valence-electron chi connectivity index (χ3n) is 3.50. The van der Waals surface area contributed by atoms with Gasteiger partial charge in [-0.2, -0.15) is 0 Å². The summed E-state index contributed by atoms with van der Waals surface area (Å²) in [4.78, 5) is 0. The molecule has 0 aromatic rings. The first-order chi connectivity index (χ1) is 10.7. The lowest BCUT2D eigenvalue weighted by Gasteiger charge is -2.39. The van der Waals surface area contributed by atoms with Crippen molar-refractivity contribution in [2.75, 3.05) is 13.2 Å². The fourth-order valence-electron chi connectivity index (χ4n) is 2.02. The van der Waals surface area contributed by atoms with Gasteiger partial charge < -0.3 is 55.4 Å². The van der Waals surface area contributed by atoms with E-state index in [2.05, 4.69) is 0 Å². The van der Waals surface area contributed by atoms with Gasteiger partial charge in [0, 0.05) is 0 Å². The molecule has 0 amide bonds. The fourth-order valence-corrected chi connectivity index (χ4v) is 2.02. The Kier molecular flexibility index (Phi) is 8.20. The number of hydrogen-bond acceptors (Lipinski definition) is 11. The van der Waals surface area contributed by atoms with Gasteiger partial charge in [0.1, 0.15) is 55.4 Å². The maximum atomic E-state index is 9.77. The molecule has 0 aromatic carbocycles. The van der Waals surface area contributed by atoms with Crippen molar-refractivity contribution in [3.05, 3.63) is 6.61 Å². The maximum Gasteiger partial charge on any atom is 0.184 e. The first kappa shape index (κ1) is 20.6. The molecule has 1 radical (unpaired) electrons. The molecule has 0 aromatic heterocycles. The highest BCUT2D eigenvalue weighted by Gasteiger charge is 2.43. The number of aliphatic hydroxyl groups is 9. The summed E-state index contributed by atoms with van der Waals surface area (Å²) in [7, 11) is 0. The zero-order valence-electron chi connectivity index (χ0n) is 12.0. The van der Waals surface area contributed by atoms with Gasteiger partial charge >= 0.3 is 0 Å². The molecule has 11 heteroatoms. The van der Waals surface area contributed by atoms with Crippen molar-refractivity contribution in [1.82, 2.24) is 0 Å². The van der Waals surface area contributed by atoms with Crippen LogP contribution in [0.1, 0.15) is 0 Å². The van der Waals surface area contributed by atoms with Crippen molar-refractivity contribution < 1.29 is 55.4 Å². The summed E-state index contributed by atoms with van der Waals surface area (Å²) in [6, 6.07) is 0. The average Bonchev–Trinajstić information content (AvgIpc) is 2.56. The number of aliphatic hydroxyl groups excluding tert-OH is 9. The van der Waals surface area contributed by atoms with Gasteiger partial charge in [-0.05, 0) is 0 Å². The summed E-state index contributed by atoms with van der Waals surface area (Å²) >= 11 is 0. The monoisotopic (exact) mass is 343 g/mol. The predicted molar refractivity (Wildman–Crippen MR) is 70.3 cm³/mol. The lowest BCUT2D eigenvalue weighted by atomic mass is 9.99. The predicted octanol–water partition coefficient (Wildman–Crippen LogP) is -5.60. The van der Waals surface area contributed by atoms with Gasteiger partial charge in [-0.15, -0.1) is 0 Å². The molecule has 0 saturated carbocycles. The Hall–Kier alpha value is -0.440. The van der Waals surface area contributed by atoms with E-state index >= 15 is 0 Å². The molecule has 9 N–H and O–H groups in total. The zero-order chi connectivity index (χ0) is 17.7. The van der Waals surface area contributed by atoms with E-state index < -0.39 is 68.3 Å². The molecule has 0 spiro atoms. The molecule has 137 valence electrons. The van der Waals surface area contributed by atoms with E-state index in [4.69, 9.17) is 19.7 Å². The van der Waals surface area contributed by atoms with Gasteiger partial charge in [-0.3, -0.25) is 0 Å². The molecular weight excluding hydrogens is 320 g/mol. The van der Waals surface area contributed by atoms with Crippen LogP contribution in [0.5, 0.6) is 0 Å². The third-order valence-corrected chi connectivity index (χ3v) is 3.50. The molecule has 1 saturated heterocycles. The van der Waals surface area contributed by atoms with Crippen LogP contribution in [0.4, 0.5) is 0 Å². The van der Waals surface area contributed by atoms with E-state index in [9.17, 15) is 35.7 Å². The molecule has 9 atom stereocenters. The van der Waals surface area contributed by atoms with Crippen LogP contribution in [0.25, 0.3) is 0 Å². The van der Waals surface area contributed by atoms with E-state index in [0.717, 1.165) is 6.61 Å². The van der Waals surface area contributed by atoms with E-state index in [0.29, 0.717) is 0 Å². The first-order valence-electron chi connectivity index (χ1n) is 6.87. The van der Waals surface area contributed by atoms with Crippen LogP contribution in [-0.2, 0) is 9.47 Å². The number of ether oxygens (including phenoxy) is 2. The molecule has 1 rings (SSSR count). The Balaban J connectivity index is 2.70. The standard InChI is InChI=1S/C12H23O11/c13-1-4(15)7(17)9(19)10(20)12(21)23-11-6(2-14)22-3-5(16)8(11)18/h3-21H,1-2H2/t4-,5+,6-,7-,8-,9+,10-,11-,12?/m1/s1. The van der Waals surface area contributed by atoms with Crippen LogP contribution in [0.15, 0.2) is 0 Å². The molecule has 0 bridgehead atoms. The van der Waals surface area contributed by atoms with E-state index in [1.807, 2.05) is 0 Å². The highest BCUT2D eigenvalue weighted by Crippen LogP contribution is 2.23. The lowest BCUT2D eigenvalue weighted by molar-refractivity contribution is -0.275. The number of hydrogen-bond donors (Lipinski definition) is 9. The SMILES string of the molecule is OC[C@@H](O)[C@@H](O)[C@H](O)[C@@H](O)C(O)O[C@H]1[C@H](O)[C@@H](O)[CH]O[C@@H]1CO. The minimum atomic E-state index is -2.16. The van der Waals surface area contributed by atoms with Crippen LogP contribution in [0.2, 0.25) is 0 Å². The summed E-state index contributed by atoms with van der Waals surface area (Å²) in [6.45, 7) is -0.668. The lowest BCUT2D eigenvalue weighted by Crippen LogP contribution is -2.57. The third kappa shape index (κ3) is 5.01. The summed E-state index contributed by atoms with van der Waals surface area (Å²) in [6.07, 6.45) is -15.8. The van der Waals surface area contributed by atoms with Crippen LogP contribution in [-0.4, -0.2) is 114 Å². The van der Waals surface area contributed by atoms with Crippen molar-refractivity contribution in [1.29, 1.82) is 0 Å². The Morgan fingerprint density at radius 2 is 1.57 bits per heavy atom. The quantitative estimate of drug-likeness (QED) is 0.190. The smallest absolute Gasteiger partial charge is 0.184 e. The van der Waals surface area contributed by atoms with Crippen LogP contribution >= 0.6 is 0 Å². The molecule has 1 heterocycles. The second-order valence-corrected chi connectivity index (χ2v) is 5.19.